The third-order valence-electron chi connectivity index (χ3n) is 6.73. The van der Waals surface area contributed by atoms with Gasteiger partial charge in [-0.1, -0.05) is 24.6 Å². The van der Waals surface area contributed by atoms with Crippen LogP contribution in [0.3, 0.4) is 0 Å². The van der Waals surface area contributed by atoms with Gasteiger partial charge in [-0.2, -0.15) is 0 Å². The molecular weight excluding hydrogens is 376 g/mol. The highest BCUT2D eigenvalue weighted by Gasteiger charge is 2.49. The first-order chi connectivity index (χ1) is 14.5. The van der Waals surface area contributed by atoms with Crippen LogP contribution >= 0.6 is 0 Å². The maximum atomic E-state index is 13.4. The van der Waals surface area contributed by atoms with E-state index in [1.807, 2.05) is 48.2 Å². The van der Waals surface area contributed by atoms with Crippen LogP contribution in [0.25, 0.3) is 0 Å². The normalized spacial score (nSPS) is 23.7. The van der Waals surface area contributed by atoms with E-state index in [-0.39, 0.29) is 23.0 Å². The topological polar surface area (TPSA) is 59.5 Å². The predicted octanol–water partition coefficient (Wildman–Crippen LogP) is 4.58. The molecule has 0 radical (unpaired) electrons. The first-order valence-corrected chi connectivity index (χ1v) is 10.9. The molecule has 2 aromatic rings. The molecule has 30 heavy (non-hydrogen) atoms. The van der Waals surface area contributed by atoms with Crippen LogP contribution in [0.1, 0.15) is 60.3 Å². The molecule has 5 heteroatoms. The Morgan fingerprint density at radius 1 is 1.20 bits per heavy atom. The Balaban J connectivity index is 1.40. The van der Waals surface area contributed by atoms with Gasteiger partial charge in [0.1, 0.15) is 11.4 Å². The lowest BCUT2D eigenvalue weighted by Gasteiger charge is -2.36. The highest BCUT2D eigenvalue weighted by atomic mass is 16.5. The second-order valence-corrected chi connectivity index (χ2v) is 8.86. The van der Waals surface area contributed by atoms with E-state index in [4.69, 9.17) is 4.74 Å². The first kappa shape index (κ1) is 20.6. The number of rotatable bonds is 6. The van der Waals surface area contributed by atoms with Crippen molar-refractivity contribution < 1.29 is 14.3 Å². The molecular formula is C25H30N2O3. The summed E-state index contributed by atoms with van der Waals surface area (Å²) in [6.07, 6.45) is 5.19. The van der Waals surface area contributed by atoms with E-state index in [9.17, 15) is 9.59 Å². The number of aryl methyl sites for hydroxylation is 1. The number of Topliss-reactive ketones (excluding diaryl/α,β-unsaturated/α-hetero) is 1. The molecule has 158 valence electrons. The number of hydrogen-bond acceptors (Lipinski definition) is 4. The van der Waals surface area contributed by atoms with E-state index < -0.39 is 0 Å². The third kappa shape index (κ3) is 4.25. The summed E-state index contributed by atoms with van der Waals surface area (Å²) in [5.41, 5.74) is 2.25. The standard InChI is InChI=1S/C25H30N2O3/c1-18-5-3-7-22(26-18)23(28)15-20-6-4-12-25(16-20)13-14-27(24(25)29)17-19-8-10-21(30-2)11-9-19/h3,5,7-11,20H,4,6,12-17H2,1-2H3/t20-,25+/m1/s1. The number of amides is 1. The fraction of sp³-hybridized carbons (Fsp3) is 0.480. The average molecular weight is 407 g/mol. The van der Waals surface area contributed by atoms with Gasteiger partial charge >= 0.3 is 0 Å². The van der Waals surface area contributed by atoms with Crippen molar-refractivity contribution in [2.45, 2.75) is 52.0 Å². The van der Waals surface area contributed by atoms with Gasteiger partial charge in [0, 0.05) is 25.2 Å². The molecule has 2 aliphatic rings. The van der Waals surface area contributed by atoms with E-state index in [0.29, 0.717) is 18.7 Å². The molecule has 0 N–H and O–H groups in total. The van der Waals surface area contributed by atoms with Crippen LogP contribution in [0.4, 0.5) is 0 Å². The van der Waals surface area contributed by atoms with Crippen molar-refractivity contribution >= 4 is 11.7 Å². The van der Waals surface area contributed by atoms with Gasteiger partial charge in [0.15, 0.2) is 5.78 Å². The minimum Gasteiger partial charge on any atom is -0.497 e. The number of likely N-dealkylation sites (tertiary alicyclic amines) is 1. The number of nitrogens with zero attached hydrogens (tertiary/aromatic N) is 2. The summed E-state index contributed by atoms with van der Waals surface area (Å²) in [5, 5.41) is 0. The molecule has 2 atom stereocenters. The lowest BCUT2D eigenvalue weighted by Crippen LogP contribution is -2.38. The summed E-state index contributed by atoms with van der Waals surface area (Å²) in [5.74, 6) is 1.45. The molecule has 1 aromatic heterocycles. The van der Waals surface area contributed by atoms with Crippen LogP contribution in [0.2, 0.25) is 0 Å². The Morgan fingerprint density at radius 2 is 2.00 bits per heavy atom. The number of methoxy groups -OCH3 is 1. The maximum absolute atomic E-state index is 13.4. The second kappa shape index (κ2) is 8.58. The van der Waals surface area contributed by atoms with Crippen molar-refractivity contribution in [3.8, 4) is 5.75 Å². The molecule has 1 saturated heterocycles. The largest absolute Gasteiger partial charge is 0.497 e. The lowest BCUT2D eigenvalue weighted by molar-refractivity contribution is -0.139. The third-order valence-corrected chi connectivity index (χ3v) is 6.73. The summed E-state index contributed by atoms with van der Waals surface area (Å²) in [7, 11) is 1.65. The smallest absolute Gasteiger partial charge is 0.229 e. The van der Waals surface area contributed by atoms with Crippen LogP contribution in [0.5, 0.6) is 5.75 Å². The number of pyridine rings is 1. The predicted molar refractivity (Wildman–Crippen MR) is 115 cm³/mol. The van der Waals surface area contributed by atoms with E-state index in [0.717, 1.165) is 55.7 Å². The molecule has 2 fully saturated rings. The number of benzene rings is 1. The summed E-state index contributed by atoms with van der Waals surface area (Å²) in [4.78, 5) is 32.5. The van der Waals surface area contributed by atoms with Gasteiger partial charge in [-0.3, -0.25) is 14.6 Å². The van der Waals surface area contributed by atoms with E-state index in [1.54, 1.807) is 13.2 Å². The van der Waals surface area contributed by atoms with Gasteiger partial charge in [-0.05, 0) is 68.4 Å². The van der Waals surface area contributed by atoms with Gasteiger partial charge < -0.3 is 9.64 Å². The average Bonchev–Trinajstić information content (AvgIpc) is 3.03. The molecule has 0 unspecified atom stereocenters. The number of aromatic nitrogens is 1. The number of carbonyl (C=O) groups excluding carboxylic acids is 2. The SMILES string of the molecule is COc1ccc(CN2CC[C@]3(CCC[C@H](CC(=O)c4cccc(C)n4)C3)C2=O)cc1. The molecule has 1 spiro atoms. The van der Waals surface area contributed by atoms with Gasteiger partial charge in [-0.15, -0.1) is 0 Å². The van der Waals surface area contributed by atoms with E-state index >= 15 is 0 Å². The lowest BCUT2D eigenvalue weighted by atomic mass is 9.67. The fourth-order valence-electron chi connectivity index (χ4n) is 5.14. The molecule has 1 aliphatic carbocycles. The van der Waals surface area contributed by atoms with Crippen LogP contribution in [-0.4, -0.2) is 35.2 Å². The molecule has 1 saturated carbocycles. The van der Waals surface area contributed by atoms with Gasteiger partial charge in [0.2, 0.25) is 5.91 Å². The number of ether oxygens (including phenoxy) is 1. The quantitative estimate of drug-likeness (QED) is 0.659. The van der Waals surface area contributed by atoms with Crippen LogP contribution in [0.15, 0.2) is 42.5 Å². The minimum atomic E-state index is -0.282. The molecule has 0 bridgehead atoms. The van der Waals surface area contributed by atoms with Gasteiger partial charge in [0.05, 0.1) is 12.5 Å². The second-order valence-electron chi connectivity index (χ2n) is 8.86. The number of hydrogen-bond donors (Lipinski definition) is 0. The molecule has 1 aliphatic heterocycles. The molecule has 2 heterocycles. The Bertz CT molecular complexity index is 924. The zero-order chi connectivity index (χ0) is 21.1. The monoisotopic (exact) mass is 406 g/mol. The van der Waals surface area contributed by atoms with Crippen molar-refractivity contribution in [2.75, 3.05) is 13.7 Å². The Morgan fingerprint density at radius 3 is 2.73 bits per heavy atom. The molecule has 5 nitrogen and oxygen atoms in total. The Labute approximate surface area is 178 Å². The van der Waals surface area contributed by atoms with Crippen LogP contribution in [-0.2, 0) is 11.3 Å². The molecule has 4 rings (SSSR count). The Hall–Kier alpha value is -2.69. The van der Waals surface area contributed by atoms with Crippen LogP contribution in [0, 0.1) is 18.3 Å². The molecule has 1 aromatic carbocycles. The van der Waals surface area contributed by atoms with Crippen molar-refractivity contribution in [3.63, 3.8) is 0 Å². The first-order valence-electron chi connectivity index (χ1n) is 10.9. The van der Waals surface area contributed by atoms with Crippen molar-refractivity contribution in [2.24, 2.45) is 11.3 Å². The molecule has 1 amide bonds. The zero-order valence-electron chi connectivity index (χ0n) is 17.9. The van der Waals surface area contributed by atoms with Crippen molar-refractivity contribution in [3.05, 3.63) is 59.4 Å². The zero-order valence-corrected chi connectivity index (χ0v) is 17.9. The van der Waals surface area contributed by atoms with Crippen molar-refractivity contribution in [1.82, 2.24) is 9.88 Å². The van der Waals surface area contributed by atoms with E-state index in [2.05, 4.69) is 4.98 Å². The summed E-state index contributed by atoms with van der Waals surface area (Å²) < 4.78 is 5.22. The summed E-state index contributed by atoms with van der Waals surface area (Å²) in [6.45, 7) is 3.34. The van der Waals surface area contributed by atoms with Crippen LogP contribution < -0.4 is 4.74 Å². The van der Waals surface area contributed by atoms with Crippen molar-refractivity contribution in [1.29, 1.82) is 0 Å². The summed E-state index contributed by atoms with van der Waals surface area (Å²) >= 11 is 0. The number of ketones is 1. The van der Waals surface area contributed by atoms with E-state index in [1.165, 1.54) is 0 Å². The summed E-state index contributed by atoms with van der Waals surface area (Å²) in [6, 6.07) is 13.5. The fourth-order valence-corrected chi connectivity index (χ4v) is 5.14. The maximum Gasteiger partial charge on any atom is 0.229 e. The highest BCUT2D eigenvalue weighted by molar-refractivity contribution is 5.94. The number of carbonyl (C=O) groups is 2. The van der Waals surface area contributed by atoms with Gasteiger partial charge in [0.25, 0.3) is 0 Å². The minimum absolute atomic E-state index is 0.0984. The van der Waals surface area contributed by atoms with Gasteiger partial charge in [-0.25, -0.2) is 0 Å². The highest BCUT2D eigenvalue weighted by Crippen LogP contribution is 2.48. The Kier molecular flexibility index (Phi) is 5.89.